The molecule has 1 aliphatic rings. The third-order valence-electron chi connectivity index (χ3n) is 5.43. The van der Waals surface area contributed by atoms with Crippen LogP contribution in [-0.4, -0.2) is 46.6 Å². The van der Waals surface area contributed by atoms with Gasteiger partial charge in [-0.3, -0.25) is 9.69 Å². The van der Waals surface area contributed by atoms with Gasteiger partial charge in [0.15, 0.2) is 5.13 Å². The molecule has 0 spiro atoms. The number of carbonyl (C=O) groups is 1. The molecule has 1 fully saturated rings. The fraction of sp³-hybridized carbons (Fsp3) is 0.524. The number of benzene rings is 1. The van der Waals surface area contributed by atoms with Gasteiger partial charge in [0.05, 0.1) is 12.2 Å². The van der Waals surface area contributed by atoms with Crippen LogP contribution in [0.3, 0.4) is 0 Å². The van der Waals surface area contributed by atoms with Crippen molar-refractivity contribution in [1.82, 2.24) is 9.88 Å². The molecule has 1 aliphatic heterocycles. The summed E-state index contributed by atoms with van der Waals surface area (Å²) in [4.78, 5) is 19.3. The summed E-state index contributed by atoms with van der Waals surface area (Å²) in [6.45, 7) is 7.77. The number of aromatic nitrogens is 1. The molecular formula is C21H29N3O2S. The highest BCUT2D eigenvalue weighted by atomic mass is 32.1. The Kier molecular flexibility index (Phi) is 6.63. The molecular weight excluding hydrogens is 358 g/mol. The van der Waals surface area contributed by atoms with Gasteiger partial charge in [0.2, 0.25) is 5.91 Å². The first-order valence-corrected chi connectivity index (χ1v) is 10.5. The van der Waals surface area contributed by atoms with Crippen molar-refractivity contribution in [2.45, 2.75) is 52.5 Å². The van der Waals surface area contributed by atoms with Gasteiger partial charge in [0, 0.05) is 23.6 Å². The van der Waals surface area contributed by atoms with Gasteiger partial charge >= 0.3 is 0 Å². The maximum Gasteiger partial charge on any atom is 0.240 e. The maximum atomic E-state index is 12.5. The fourth-order valence-corrected chi connectivity index (χ4v) is 4.51. The van der Waals surface area contributed by atoms with Gasteiger partial charge < -0.3 is 10.4 Å². The van der Waals surface area contributed by atoms with E-state index in [-0.39, 0.29) is 12.5 Å². The summed E-state index contributed by atoms with van der Waals surface area (Å²) in [6.07, 6.45) is 4.08. The summed E-state index contributed by atoms with van der Waals surface area (Å²) in [6, 6.07) is 4.65. The molecule has 1 saturated heterocycles. The number of amides is 1. The van der Waals surface area contributed by atoms with Crippen LogP contribution >= 0.6 is 11.3 Å². The van der Waals surface area contributed by atoms with E-state index in [2.05, 4.69) is 48.1 Å². The first-order valence-electron chi connectivity index (χ1n) is 9.66. The minimum Gasteiger partial charge on any atom is -0.396 e. The lowest BCUT2D eigenvalue weighted by molar-refractivity contribution is -0.118. The van der Waals surface area contributed by atoms with Crippen LogP contribution in [0.15, 0.2) is 17.5 Å². The largest absolute Gasteiger partial charge is 0.396 e. The van der Waals surface area contributed by atoms with Gasteiger partial charge in [-0.25, -0.2) is 4.98 Å². The van der Waals surface area contributed by atoms with Crippen molar-refractivity contribution < 1.29 is 9.90 Å². The van der Waals surface area contributed by atoms with E-state index in [9.17, 15) is 9.90 Å². The van der Waals surface area contributed by atoms with Crippen molar-refractivity contribution in [3.05, 3.63) is 34.2 Å². The van der Waals surface area contributed by atoms with Crippen molar-refractivity contribution in [1.29, 1.82) is 0 Å². The Balaban J connectivity index is 1.65. The van der Waals surface area contributed by atoms with E-state index >= 15 is 0 Å². The molecule has 1 aromatic heterocycles. The van der Waals surface area contributed by atoms with Crippen LogP contribution in [0.5, 0.6) is 0 Å². The Hall–Kier alpha value is -1.76. The number of likely N-dealkylation sites (tertiary alicyclic amines) is 1. The Bertz CT molecular complexity index is 801. The van der Waals surface area contributed by atoms with Crippen molar-refractivity contribution in [2.24, 2.45) is 0 Å². The number of aliphatic hydroxyl groups is 1. The monoisotopic (exact) mass is 387 g/mol. The second kappa shape index (κ2) is 8.95. The zero-order chi connectivity index (χ0) is 19.4. The predicted molar refractivity (Wildman–Crippen MR) is 111 cm³/mol. The second-order valence-corrected chi connectivity index (χ2v) is 8.33. The normalized spacial score (nSPS) is 17.9. The quantitative estimate of drug-likeness (QED) is 0.789. The predicted octanol–water partition coefficient (Wildman–Crippen LogP) is 3.91. The van der Waals surface area contributed by atoms with E-state index in [0.29, 0.717) is 17.7 Å². The summed E-state index contributed by atoms with van der Waals surface area (Å²) < 4.78 is 0. The summed E-state index contributed by atoms with van der Waals surface area (Å²) in [5.74, 6) is -0.0300. The highest BCUT2D eigenvalue weighted by Crippen LogP contribution is 2.29. The average Bonchev–Trinajstić information content (AvgIpc) is 3.08. The second-order valence-electron chi connectivity index (χ2n) is 7.47. The number of carbonyl (C=O) groups excluding carboxylic acids is 1. The summed E-state index contributed by atoms with van der Waals surface area (Å²) in [7, 11) is 0. The number of anilines is 1. The molecule has 0 radical (unpaired) electrons. The average molecular weight is 388 g/mol. The molecule has 3 rings (SSSR count). The van der Waals surface area contributed by atoms with E-state index in [4.69, 9.17) is 0 Å². The Morgan fingerprint density at radius 1 is 1.26 bits per heavy atom. The van der Waals surface area contributed by atoms with Crippen LogP contribution in [-0.2, 0) is 4.79 Å². The molecule has 2 heterocycles. The maximum absolute atomic E-state index is 12.5. The van der Waals surface area contributed by atoms with E-state index in [0.717, 1.165) is 37.1 Å². The minimum atomic E-state index is -0.0300. The number of aryl methyl sites for hydroxylation is 3. The van der Waals surface area contributed by atoms with Gasteiger partial charge in [0.25, 0.3) is 0 Å². The number of nitrogens with zero attached hydrogens (tertiary/aromatic N) is 2. The number of nitrogens with one attached hydrogen (secondary N) is 1. The smallest absolute Gasteiger partial charge is 0.240 e. The van der Waals surface area contributed by atoms with Crippen molar-refractivity contribution >= 4 is 22.4 Å². The molecule has 1 atom stereocenters. The molecule has 1 unspecified atom stereocenters. The number of aliphatic hydroxyl groups excluding tert-OH is 1. The number of hydrogen-bond acceptors (Lipinski definition) is 5. The van der Waals surface area contributed by atoms with E-state index in [1.165, 1.54) is 34.4 Å². The van der Waals surface area contributed by atoms with Gasteiger partial charge in [0.1, 0.15) is 0 Å². The molecule has 0 saturated carbocycles. The number of hydrogen-bond donors (Lipinski definition) is 2. The zero-order valence-corrected chi connectivity index (χ0v) is 17.2. The molecule has 1 aromatic carbocycles. The van der Waals surface area contributed by atoms with Gasteiger partial charge in [-0.1, -0.05) is 12.5 Å². The van der Waals surface area contributed by atoms with Gasteiger partial charge in [-0.2, -0.15) is 0 Å². The third kappa shape index (κ3) is 4.94. The number of thiazole rings is 1. The molecule has 6 heteroatoms. The van der Waals surface area contributed by atoms with Crippen molar-refractivity contribution in [3.63, 3.8) is 0 Å². The molecule has 5 nitrogen and oxygen atoms in total. The highest BCUT2D eigenvalue weighted by molar-refractivity contribution is 7.14. The van der Waals surface area contributed by atoms with Gasteiger partial charge in [-0.15, -0.1) is 11.3 Å². The summed E-state index contributed by atoms with van der Waals surface area (Å²) in [5.41, 5.74) is 5.75. The molecule has 0 aliphatic carbocycles. The lowest BCUT2D eigenvalue weighted by Crippen LogP contribution is -2.44. The molecule has 2 N–H and O–H groups in total. The zero-order valence-electron chi connectivity index (χ0n) is 16.4. The van der Waals surface area contributed by atoms with Crippen LogP contribution in [0, 0.1) is 20.8 Å². The lowest BCUT2D eigenvalue weighted by atomic mass is 9.99. The lowest BCUT2D eigenvalue weighted by Gasteiger charge is -2.34. The van der Waals surface area contributed by atoms with Crippen LogP contribution in [0.2, 0.25) is 0 Å². The molecule has 146 valence electrons. The molecule has 27 heavy (non-hydrogen) atoms. The molecule has 1 amide bonds. The SMILES string of the molecule is Cc1cc(C)c(-c2csc(NC(=O)CN3CCCCC3CCO)n2)cc1C. The minimum absolute atomic E-state index is 0.0300. The highest BCUT2D eigenvalue weighted by Gasteiger charge is 2.24. The third-order valence-corrected chi connectivity index (χ3v) is 6.18. The number of rotatable bonds is 6. The van der Waals surface area contributed by atoms with E-state index in [1.54, 1.807) is 0 Å². The van der Waals surface area contributed by atoms with Crippen molar-refractivity contribution in [3.8, 4) is 11.3 Å². The Labute approximate surface area is 165 Å². The van der Waals surface area contributed by atoms with Crippen molar-refractivity contribution in [2.75, 3.05) is 25.0 Å². The topological polar surface area (TPSA) is 65.5 Å². The van der Waals surface area contributed by atoms with Gasteiger partial charge in [-0.05, 0) is 69.3 Å². The van der Waals surface area contributed by atoms with E-state index in [1.807, 2.05) is 5.38 Å². The summed E-state index contributed by atoms with van der Waals surface area (Å²) >= 11 is 1.46. The van der Waals surface area contributed by atoms with Crippen LogP contribution in [0.25, 0.3) is 11.3 Å². The number of piperidine rings is 1. The molecule has 2 aromatic rings. The Morgan fingerprint density at radius 3 is 2.81 bits per heavy atom. The van der Waals surface area contributed by atoms with Crippen LogP contribution < -0.4 is 5.32 Å². The summed E-state index contributed by atoms with van der Waals surface area (Å²) in [5, 5.41) is 14.8. The fourth-order valence-electron chi connectivity index (χ4n) is 3.78. The van der Waals surface area contributed by atoms with Crippen LogP contribution in [0.1, 0.15) is 42.4 Å². The first-order chi connectivity index (χ1) is 13.0. The van der Waals surface area contributed by atoms with E-state index < -0.39 is 0 Å². The Morgan fingerprint density at radius 2 is 2.04 bits per heavy atom. The first kappa shape index (κ1) is 20.0. The van der Waals surface area contributed by atoms with Crippen LogP contribution in [0.4, 0.5) is 5.13 Å². The standard InChI is InChI=1S/C21H29N3O2S/c1-14-10-16(3)18(11-15(14)2)19-13-27-21(22-19)23-20(26)12-24-8-5-4-6-17(24)7-9-25/h10-11,13,17,25H,4-9,12H2,1-3H3,(H,22,23,26). The molecule has 0 bridgehead atoms.